The lowest BCUT2D eigenvalue weighted by Crippen LogP contribution is -2.25. The largest absolute Gasteiger partial charge is 0.466 e. The van der Waals surface area contributed by atoms with Crippen LogP contribution in [0, 0.1) is 0 Å². The summed E-state index contributed by atoms with van der Waals surface area (Å²) in [5.41, 5.74) is 5.72. The Morgan fingerprint density at radius 1 is 1.56 bits per heavy atom. The second-order valence-corrected chi connectivity index (χ2v) is 3.71. The van der Waals surface area contributed by atoms with Crippen molar-refractivity contribution in [3.8, 4) is 5.88 Å². The molecule has 0 spiro atoms. The van der Waals surface area contributed by atoms with E-state index in [4.69, 9.17) is 33.7 Å². The highest BCUT2D eigenvalue weighted by atomic mass is 35.5. The number of anilines is 1. The standard InChI is InChI=1S/C9H10Cl2N2O3/c1-4(9(14)15-2)16-8-6(11)7(12)5(10)3-13-8/h3-4H,1-2H3,(H2,12,13)/t4-/m0/s1. The molecular weight excluding hydrogens is 255 g/mol. The minimum absolute atomic E-state index is 0.0430. The lowest BCUT2D eigenvalue weighted by atomic mass is 10.4. The van der Waals surface area contributed by atoms with Crippen LogP contribution in [0.15, 0.2) is 6.20 Å². The molecule has 5 nitrogen and oxygen atoms in total. The Bertz CT molecular complexity index is 412. The van der Waals surface area contributed by atoms with Gasteiger partial charge in [0, 0.05) is 0 Å². The maximum atomic E-state index is 11.1. The average molecular weight is 265 g/mol. The van der Waals surface area contributed by atoms with Gasteiger partial charge < -0.3 is 15.2 Å². The molecule has 0 radical (unpaired) electrons. The summed E-state index contributed by atoms with van der Waals surface area (Å²) >= 11 is 11.5. The molecule has 0 bridgehead atoms. The van der Waals surface area contributed by atoms with Crippen molar-refractivity contribution >= 4 is 34.9 Å². The summed E-state index contributed by atoms with van der Waals surface area (Å²) in [5.74, 6) is -0.493. The first-order valence-corrected chi connectivity index (χ1v) is 5.07. The van der Waals surface area contributed by atoms with Gasteiger partial charge in [-0.1, -0.05) is 23.2 Å². The molecule has 0 amide bonds. The van der Waals surface area contributed by atoms with Crippen molar-refractivity contribution in [1.29, 1.82) is 0 Å². The number of nitrogens with two attached hydrogens (primary N) is 1. The number of halogens is 2. The zero-order valence-corrected chi connectivity index (χ0v) is 10.2. The van der Waals surface area contributed by atoms with Crippen molar-refractivity contribution in [1.82, 2.24) is 4.98 Å². The molecule has 1 rings (SSSR count). The fourth-order valence-corrected chi connectivity index (χ4v) is 1.31. The number of methoxy groups -OCH3 is 1. The van der Waals surface area contributed by atoms with Gasteiger partial charge in [0.25, 0.3) is 0 Å². The van der Waals surface area contributed by atoms with E-state index in [0.717, 1.165) is 0 Å². The first-order chi connectivity index (χ1) is 7.47. The Morgan fingerprint density at radius 2 is 2.19 bits per heavy atom. The molecule has 1 heterocycles. The van der Waals surface area contributed by atoms with Crippen LogP contribution in [-0.2, 0) is 9.53 Å². The van der Waals surface area contributed by atoms with Gasteiger partial charge in [-0.2, -0.15) is 0 Å². The van der Waals surface area contributed by atoms with Crippen LogP contribution in [0.3, 0.4) is 0 Å². The molecule has 0 saturated carbocycles. The topological polar surface area (TPSA) is 74.4 Å². The summed E-state index contributed by atoms with van der Waals surface area (Å²) in [6, 6.07) is 0. The van der Waals surface area contributed by atoms with Crippen LogP contribution in [0.2, 0.25) is 10.0 Å². The average Bonchev–Trinajstić information content (AvgIpc) is 2.28. The number of ether oxygens (including phenoxy) is 2. The fourth-order valence-electron chi connectivity index (χ4n) is 0.925. The molecule has 1 atom stereocenters. The number of pyridine rings is 1. The SMILES string of the molecule is COC(=O)[C@H](C)Oc1ncc(Cl)c(N)c1Cl. The summed E-state index contributed by atoms with van der Waals surface area (Å²) in [7, 11) is 1.26. The Hall–Kier alpha value is -1.20. The van der Waals surface area contributed by atoms with Gasteiger partial charge in [0.1, 0.15) is 5.02 Å². The number of aromatic nitrogens is 1. The van der Waals surface area contributed by atoms with Crippen LogP contribution >= 0.6 is 23.2 Å². The van der Waals surface area contributed by atoms with Crippen molar-refractivity contribution in [3.63, 3.8) is 0 Å². The van der Waals surface area contributed by atoms with Gasteiger partial charge >= 0.3 is 5.97 Å². The second-order valence-electron chi connectivity index (χ2n) is 2.92. The highest BCUT2D eigenvalue weighted by Gasteiger charge is 2.19. The molecule has 88 valence electrons. The Morgan fingerprint density at radius 3 is 2.75 bits per heavy atom. The van der Waals surface area contributed by atoms with Crippen LogP contribution in [-0.4, -0.2) is 24.2 Å². The van der Waals surface area contributed by atoms with E-state index in [0.29, 0.717) is 0 Å². The number of hydrogen-bond donors (Lipinski definition) is 1. The Labute approximate surface area is 102 Å². The van der Waals surface area contributed by atoms with E-state index in [1.165, 1.54) is 20.2 Å². The van der Waals surface area contributed by atoms with Gasteiger partial charge in [-0.25, -0.2) is 9.78 Å². The zero-order valence-electron chi connectivity index (χ0n) is 8.66. The third-order valence-electron chi connectivity index (χ3n) is 1.80. The van der Waals surface area contributed by atoms with Crippen LogP contribution < -0.4 is 10.5 Å². The number of esters is 1. The van der Waals surface area contributed by atoms with Crippen molar-refractivity contribution in [2.45, 2.75) is 13.0 Å². The van der Waals surface area contributed by atoms with Gasteiger partial charge in [0.2, 0.25) is 5.88 Å². The van der Waals surface area contributed by atoms with Crippen LogP contribution in [0.5, 0.6) is 5.88 Å². The van der Waals surface area contributed by atoms with Crippen LogP contribution in [0.25, 0.3) is 0 Å². The second kappa shape index (κ2) is 5.23. The van der Waals surface area contributed by atoms with E-state index < -0.39 is 12.1 Å². The van der Waals surface area contributed by atoms with Gasteiger partial charge in [-0.15, -0.1) is 0 Å². The first-order valence-electron chi connectivity index (χ1n) is 4.31. The molecule has 7 heteroatoms. The number of nitrogen functional groups attached to an aromatic ring is 1. The monoisotopic (exact) mass is 264 g/mol. The van der Waals surface area contributed by atoms with Gasteiger partial charge in [0.15, 0.2) is 6.10 Å². The van der Waals surface area contributed by atoms with E-state index in [9.17, 15) is 4.79 Å². The van der Waals surface area contributed by atoms with Crippen molar-refractivity contribution < 1.29 is 14.3 Å². The Kier molecular flexibility index (Phi) is 4.20. The normalized spacial score (nSPS) is 12.0. The van der Waals surface area contributed by atoms with E-state index in [1.807, 2.05) is 0 Å². The van der Waals surface area contributed by atoms with Crippen LogP contribution in [0.4, 0.5) is 5.69 Å². The smallest absolute Gasteiger partial charge is 0.346 e. The predicted octanol–water partition coefficient (Wildman–Crippen LogP) is 1.91. The van der Waals surface area contributed by atoms with E-state index in [2.05, 4.69) is 9.72 Å². The summed E-state index contributed by atoms with van der Waals surface area (Å²) in [6.07, 6.45) is 0.470. The number of rotatable bonds is 3. The maximum Gasteiger partial charge on any atom is 0.346 e. The minimum Gasteiger partial charge on any atom is -0.466 e. The molecule has 0 saturated heterocycles. The molecule has 0 aliphatic rings. The van der Waals surface area contributed by atoms with Gasteiger partial charge in [-0.05, 0) is 6.92 Å². The summed E-state index contributed by atoms with van der Waals surface area (Å²) < 4.78 is 9.66. The molecule has 0 aromatic carbocycles. The lowest BCUT2D eigenvalue weighted by Gasteiger charge is -2.13. The maximum absolute atomic E-state index is 11.1. The molecular formula is C9H10Cl2N2O3. The number of nitrogens with zero attached hydrogens (tertiary/aromatic N) is 1. The number of hydrogen-bond acceptors (Lipinski definition) is 5. The molecule has 0 aliphatic heterocycles. The Balaban J connectivity index is 2.90. The van der Waals surface area contributed by atoms with E-state index in [-0.39, 0.29) is 21.6 Å². The van der Waals surface area contributed by atoms with Crippen molar-refractivity contribution in [2.24, 2.45) is 0 Å². The van der Waals surface area contributed by atoms with Gasteiger partial charge in [-0.3, -0.25) is 0 Å². The number of carbonyl (C=O) groups is 1. The third kappa shape index (κ3) is 2.68. The minimum atomic E-state index is -0.824. The predicted molar refractivity (Wildman–Crippen MR) is 60.8 cm³/mol. The summed E-state index contributed by atoms with van der Waals surface area (Å²) in [5, 5.41) is 0.298. The van der Waals surface area contributed by atoms with E-state index >= 15 is 0 Å². The summed E-state index contributed by atoms with van der Waals surface area (Å²) in [6.45, 7) is 1.51. The number of carbonyl (C=O) groups excluding carboxylic acids is 1. The molecule has 16 heavy (non-hydrogen) atoms. The van der Waals surface area contributed by atoms with Crippen molar-refractivity contribution in [3.05, 3.63) is 16.2 Å². The molecule has 0 aliphatic carbocycles. The van der Waals surface area contributed by atoms with Crippen molar-refractivity contribution in [2.75, 3.05) is 12.8 Å². The third-order valence-corrected chi connectivity index (χ3v) is 2.46. The quantitative estimate of drug-likeness (QED) is 0.845. The van der Waals surface area contributed by atoms with Gasteiger partial charge in [0.05, 0.1) is 24.0 Å². The molecule has 0 unspecified atom stereocenters. The lowest BCUT2D eigenvalue weighted by molar-refractivity contribution is -0.148. The molecule has 1 aromatic rings. The molecule has 1 aromatic heterocycles. The fraction of sp³-hybridized carbons (Fsp3) is 0.333. The first kappa shape index (κ1) is 12.9. The van der Waals surface area contributed by atoms with Crippen LogP contribution in [0.1, 0.15) is 6.92 Å². The summed E-state index contributed by atoms with van der Waals surface area (Å²) in [4.78, 5) is 14.9. The highest BCUT2D eigenvalue weighted by molar-refractivity contribution is 6.39. The highest BCUT2D eigenvalue weighted by Crippen LogP contribution is 2.33. The van der Waals surface area contributed by atoms with E-state index in [1.54, 1.807) is 0 Å². The zero-order chi connectivity index (χ0) is 12.3. The molecule has 0 fully saturated rings. The molecule has 2 N–H and O–H groups in total.